The van der Waals surface area contributed by atoms with Gasteiger partial charge in [-0.15, -0.1) is 11.3 Å². The Kier molecular flexibility index (Phi) is 15.6. The number of alkyl carbamates (subject to hydrolysis) is 1. The smallest absolute Gasteiger partial charge is 0.408 e. The van der Waals surface area contributed by atoms with Gasteiger partial charge in [-0.1, -0.05) is 6.07 Å². The lowest BCUT2D eigenvalue weighted by atomic mass is 9.92. The Morgan fingerprint density at radius 1 is 1.11 bits per heavy atom. The quantitative estimate of drug-likeness (QED) is 0.104. The van der Waals surface area contributed by atoms with Crippen molar-refractivity contribution in [1.29, 1.82) is 0 Å². The first-order valence-corrected chi connectivity index (χ1v) is 23.7. The first kappa shape index (κ1) is 48.4. The van der Waals surface area contributed by atoms with Crippen LogP contribution in [0.15, 0.2) is 41.9 Å². The molecule has 1 aromatic carbocycles. The number of pyridine rings is 1. The van der Waals surface area contributed by atoms with E-state index in [-0.39, 0.29) is 30.8 Å². The molecule has 3 aliphatic rings. The van der Waals surface area contributed by atoms with Crippen LogP contribution in [0, 0.1) is 6.57 Å². The van der Waals surface area contributed by atoms with Crippen LogP contribution < -0.4 is 10.7 Å². The van der Waals surface area contributed by atoms with Crippen LogP contribution in [0.25, 0.3) is 38.3 Å². The third-order valence-corrected chi connectivity index (χ3v) is 13.0. The highest BCUT2D eigenvalue weighted by molar-refractivity contribution is 7.10. The van der Waals surface area contributed by atoms with Crippen LogP contribution in [-0.4, -0.2) is 130 Å². The zero-order valence-corrected chi connectivity index (χ0v) is 39.9. The lowest BCUT2D eigenvalue weighted by Gasteiger charge is -2.40. The number of ether oxygens (including phenoxy) is 5. The monoisotopic (exact) mass is 914 g/mol. The van der Waals surface area contributed by atoms with Crippen LogP contribution in [0.3, 0.4) is 0 Å². The number of rotatable bonds is 15. The largest absolute Gasteiger partial charge is 0.444 e. The van der Waals surface area contributed by atoms with Crippen LogP contribution in [0.1, 0.15) is 103 Å². The maximum atomic E-state index is 14.8. The van der Waals surface area contributed by atoms with Gasteiger partial charge in [0.1, 0.15) is 23.3 Å². The number of carbonyl (C=O) groups excluding carboxylic acids is 2. The molecular weight excluding hydrogens is 849 g/mol. The molecule has 352 valence electrons. The van der Waals surface area contributed by atoms with Crippen molar-refractivity contribution < 1.29 is 38.4 Å². The van der Waals surface area contributed by atoms with E-state index in [0.29, 0.717) is 63.2 Å². The number of aliphatic hydroxyl groups is 1. The molecule has 0 saturated carbocycles. The Morgan fingerprint density at radius 2 is 1.89 bits per heavy atom. The van der Waals surface area contributed by atoms with E-state index in [1.54, 1.807) is 39.1 Å². The van der Waals surface area contributed by atoms with E-state index in [9.17, 15) is 14.7 Å². The van der Waals surface area contributed by atoms with Gasteiger partial charge in [0.15, 0.2) is 0 Å². The van der Waals surface area contributed by atoms with Crippen molar-refractivity contribution in [2.45, 2.75) is 135 Å². The van der Waals surface area contributed by atoms with Gasteiger partial charge in [-0.2, -0.15) is 0 Å². The fourth-order valence-electron chi connectivity index (χ4n) is 9.02. The predicted molar refractivity (Wildman–Crippen MR) is 249 cm³/mol. The molecule has 17 heteroatoms. The molecule has 7 rings (SSSR count). The summed E-state index contributed by atoms with van der Waals surface area (Å²) in [5, 5.41) is 19.5. The summed E-state index contributed by atoms with van der Waals surface area (Å²) in [5.74, 6) is -0.343. The summed E-state index contributed by atoms with van der Waals surface area (Å²) in [6.45, 7) is 24.8. The number of carbonyl (C=O) groups is 2. The van der Waals surface area contributed by atoms with Gasteiger partial charge in [0, 0.05) is 86.0 Å². The number of fused-ring (bicyclic) bond motifs is 1. The Hall–Kier alpha value is -4.51. The molecule has 3 aliphatic heterocycles. The van der Waals surface area contributed by atoms with Crippen molar-refractivity contribution in [1.82, 2.24) is 35.2 Å². The highest BCUT2D eigenvalue weighted by atomic mass is 32.1. The Bertz CT molecular complexity index is 2310. The molecule has 65 heavy (non-hydrogen) atoms. The molecule has 0 radical (unpaired) electrons. The van der Waals surface area contributed by atoms with Crippen molar-refractivity contribution in [3.63, 3.8) is 0 Å². The van der Waals surface area contributed by atoms with E-state index in [1.165, 1.54) is 11.3 Å². The number of hydrogen-bond acceptors (Lipinski definition) is 13. The number of hydrogen-bond donors (Lipinski definition) is 3. The summed E-state index contributed by atoms with van der Waals surface area (Å²) in [6.07, 6.45) is 3.88. The summed E-state index contributed by atoms with van der Waals surface area (Å²) in [6, 6.07) is 8.32. The molecule has 0 spiro atoms. The molecule has 6 heterocycles. The van der Waals surface area contributed by atoms with Crippen molar-refractivity contribution >= 4 is 34.2 Å². The average molecular weight is 915 g/mol. The molecule has 2 amide bonds. The van der Waals surface area contributed by atoms with Gasteiger partial charge in [-0.25, -0.2) is 26.7 Å². The van der Waals surface area contributed by atoms with Gasteiger partial charge in [0.2, 0.25) is 0 Å². The average Bonchev–Trinajstić information content (AvgIpc) is 3.87. The van der Waals surface area contributed by atoms with E-state index >= 15 is 0 Å². The van der Waals surface area contributed by atoms with Gasteiger partial charge in [0.25, 0.3) is 5.91 Å². The van der Waals surface area contributed by atoms with Crippen LogP contribution in [-0.2, 0) is 41.4 Å². The summed E-state index contributed by atoms with van der Waals surface area (Å²) in [5.41, 5.74) is 7.47. The first-order chi connectivity index (χ1) is 31.0. The maximum absolute atomic E-state index is 14.8. The number of methoxy groups -OCH3 is 1. The van der Waals surface area contributed by atoms with Crippen molar-refractivity contribution in [3.8, 4) is 22.5 Å². The van der Waals surface area contributed by atoms with E-state index < -0.39 is 35.5 Å². The van der Waals surface area contributed by atoms with E-state index in [0.717, 1.165) is 64.7 Å². The third kappa shape index (κ3) is 11.7. The number of benzene rings is 1. The normalized spacial score (nSPS) is 20.6. The molecule has 3 N–H and O–H groups in total. The Labute approximate surface area is 386 Å². The molecule has 0 unspecified atom stereocenters. The Morgan fingerprint density at radius 3 is 2.60 bits per heavy atom. The SMILES string of the molecule is [C-]#[N+][C@H]1COCCN1[C@H](c1nc(-c2ccc3c(c2)c(CC(C)(C)O)c(-c2cccnc2[C@H](C)OC)n3CCOC2CCOCC2)cs1)[C@H](NC(=O)OC(C)(C)C)C(=O)N1CCC[C@@H](C)N1. The molecule has 0 bridgehead atoms. The zero-order valence-electron chi connectivity index (χ0n) is 39.1. The molecule has 16 nitrogen and oxygen atoms in total. The summed E-state index contributed by atoms with van der Waals surface area (Å²) < 4.78 is 31.6. The highest BCUT2D eigenvalue weighted by Gasteiger charge is 2.46. The standard InChI is InChI=1S/C48H66N8O8S/c1-30-12-11-19-56(53-30)45(57)41(52-46(58)64-47(3,4)5)43(55-20-24-62-28-39(55)49-8)44-51-37(29-65-44)32-14-15-38-35(26-32)36(27-48(6,7)59)42(34-13-10-18-50-40(34)31(2)60-9)54(38)21-25-63-33-16-22-61-23-17-33/h10,13-15,18,26,29-31,33,39,41,43,53,59H,11-12,16-17,19-25,27-28H2,1-7,9H3,(H,52,58)/t30-,31+,39-,41+,43+/m1/s1. The minimum absolute atomic E-state index is 0.0541. The number of nitrogens with one attached hydrogen (secondary N) is 2. The number of aromatic nitrogens is 3. The van der Waals surface area contributed by atoms with Gasteiger partial charge >= 0.3 is 12.3 Å². The molecule has 0 aliphatic carbocycles. The van der Waals surface area contributed by atoms with Crippen molar-refractivity contribution in [2.75, 3.05) is 53.2 Å². The molecule has 4 aromatic rings. The van der Waals surface area contributed by atoms with Crippen molar-refractivity contribution in [3.05, 3.63) is 69.6 Å². The lowest BCUT2D eigenvalue weighted by Crippen LogP contribution is -2.62. The number of thiazole rings is 1. The second-order valence-corrected chi connectivity index (χ2v) is 19.8. The fourth-order valence-corrected chi connectivity index (χ4v) is 10.00. The number of nitrogens with zero attached hydrogens (tertiary/aromatic N) is 6. The number of amides is 2. The first-order valence-electron chi connectivity index (χ1n) is 22.8. The topological polar surface area (TPSA) is 166 Å². The highest BCUT2D eigenvalue weighted by Crippen LogP contribution is 2.42. The number of hydrazine groups is 1. The van der Waals surface area contributed by atoms with Gasteiger partial charge < -0.3 is 38.7 Å². The summed E-state index contributed by atoms with van der Waals surface area (Å²) >= 11 is 1.38. The van der Waals surface area contributed by atoms with E-state index in [1.807, 2.05) is 50.1 Å². The minimum Gasteiger partial charge on any atom is -0.444 e. The number of morpholine rings is 1. The van der Waals surface area contributed by atoms with E-state index in [4.69, 9.17) is 40.2 Å². The van der Waals surface area contributed by atoms with Crippen LogP contribution >= 0.6 is 11.3 Å². The van der Waals surface area contributed by atoms with Gasteiger partial charge in [0.05, 0.1) is 54.1 Å². The molecule has 5 atom stereocenters. The lowest BCUT2D eigenvalue weighted by molar-refractivity contribution is -0.142. The molecule has 3 fully saturated rings. The summed E-state index contributed by atoms with van der Waals surface area (Å²) in [4.78, 5) is 44.3. The molecule has 3 saturated heterocycles. The van der Waals surface area contributed by atoms with Gasteiger partial charge in [-0.05, 0) is 104 Å². The second kappa shape index (κ2) is 21.0. The van der Waals surface area contributed by atoms with Crippen molar-refractivity contribution in [2.24, 2.45) is 0 Å². The Balaban J connectivity index is 1.35. The molecule has 3 aromatic heterocycles. The van der Waals surface area contributed by atoms with Gasteiger partial charge in [-0.3, -0.25) is 19.6 Å². The van der Waals surface area contributed by atoms with Crippen LogP contribution in [0.5, 0.6) is 0 Å². The second-order valence-electron chi connectivity index (χ2n) is 18.9. The molecular formula is C48H66N8O8S. The van der Waals surface area contributed by atoms with Crippen LogP contribution in [0.2, 0.25) is 0 Å². The van der Waals surface area contributed by atoms with E-state index in [2.05, 4.69) is 38.4 Å². The zero-order chi connectivity index (χ0) is 46.5. The predicted octanol–water partition coefficient (Wildman–Crippen LogP) is 7.07. The third-order valence-electron chi connectivity index (χ3n) is 12.1. The minimum atomic E-state index is -1.16. The van der Waals surface area contributed by atoms with Crippen LogP contribution in [0.4, 0.5) is 4.79 Å². The fraction of sp³-hybridized carbons (Fsp3) is 0.604. The maximum Gasteiger partial charge on any atom is 0.408 e. The summed E-state index contributed by atoms with van der Waals surface area (Å²) in [7, 11) is 1.68.